The van der Waals surface area contributed by atoms with Crippen molar-refractivity contribution < 1.29 is 14.0 Å². The molecule has 15 heavy (non-hydrogen) atoms. The summed E-state index contributed by atoms with van der Waals surface area (Å²) in [5, 5.41) is 5.20. The van der Waals surface area contributed by atoms with Gasteiger partial charge < -0.3 is 10.6 Å². The number of carbonyl (C=O) groups is 1. The highest BCUT2D eigenvalue weighted by Gasteiger charge is 2.17. The molecule has 1 rings (SSSR count). The van der Waals surface area contributed by atoms with E-state index in [9.17, 15) is 9.18 Å². The Kier molecular flexibility index (Phi) is 3.35. The van der Waals surface area contributed by atoms with E-state index in [4.69, 9.17) is 5.73 Å². The molecule has 1 aromatic heterocycles. The summed E-state index contributed by atoms with van der Waals surface area (Å²) < 4.78 is 12.9. The van der Waals surface area contributed by atoms with Crippen LogP contribution in [0.5, 0.6) is 0 Å². The fourth-order valence-corrected chi connectivity index (χ4v) is 1.25. The van der Waals surface area contributed by atoms with Gasteiger partial charge in [0.2, 0.25) is 0 Å². The van der Waals surface area contributed by atoms with Crippen LogP contribution in [-0.2, 0) is 9.63 Å². The lowest BCUT2D eigenvalue weighted by atomic mass is 10.3. The summed E-state index contributed by atoms with van der Waals surface area (Å²) in [6, 6.07) is 0. The number of nitrogens with zero attached hydrogens (tertiary/aromatic N) is 2. The highest BCUT2D eigenvalue weighted by atomic mass is 32.1. The third kappa shape index (κ3) is 3.62. The van der Waals surface area contributed by atoms with Gasteiger partial charge in [0.1, 0.15) is 5.69 Å². The molecule has 0 aliphatic rings. The maximum atomic E-state index is 12.9. The lowest BCUT2D eigenvalue weighted by molar-refractivity contribution is -0.116. The lowest BCUT2D eigenvalue weighted by Crippen LogP contribution is -2.16. The summed E-state index contributed by atoms with van der Waals surface area (Å²) in [5.74, 6) is -1.93. The first-order chi connectivity index (χ1) is 6.92. The fourth-order valence-electron chi connectivity index (χ4n) is 0.692. The van der Waals surface area contributed by atoms with E-state index in [0.717, 1.165) is 11.3 Å². The number of hydrogen-bond donors (Lipinski definition) is 1. The molecule has 1 heterocycles. The highest BCUT2D eigenvalue weighted by molar-refractivity contribution is 7.13. The van der Waals surface area contributed by atoms with Crippen molar-refractivity contribution in [1.29, 1.82) is 0 Å². The predicted octanol–water partition coefficient (Wildman–Crippen LogP) is 1.35. The van der Waals surface area contributed by atoms with Crippen molar-refractivity contribution in [2.75, 3.05) is 5.73 Å². The van der Waals surface area contributed by atoms with Gasteiger partial charge in [0.25, 0.3) is 5.85 Å². The van der Waals surface area contributed by atoms with Crippen LogP contribution in [0.1, 0.15) is 19.5 Å². The Labute approximate surface area is 89.7 Å². The largest absolute Gasteiger partial charge is 0.375 e. The van der Waals surface area contributed by atoms with E-state index in [1.54, 1.807) is 0 Å². The first kappa shape index (κ1) is 11.6. The molecular weight excluding hydrogens is 221 g/mol. The topological polar surface area (TPSA) is 77.6 Å². The van der Waals surface area contributed by atoms with Crippen LogP contribution in [0.15, 0.2) is 10.5 Å². The van der Waals surface area contributed by atoms with Crippen molar-refractivity contribution in [3.8, 4) is 0 Å². The van der Waals surface area contributed by atoms with E-state index in [1.807, 2.05) is 0 Å². The number of aldehydes is 1. The Morgan fingerprint density at radius 1 is 1.80 bits per heavy atom. The number of carbonyl (C=O) groups excluding carboxylic acids is 1. The maximum Gasteiger partial charge on any atom is 0.268 e. The van der Waals surface area contributed by atoms with E-state index >= 15 is 0 Å². The van der Waals surface area contributed by atoms with Gasteiger partial charge in [0, 0.05) is 19.2 Å². The molecule has 5 nitrogen and oxygen atoms in total. The van der Waals surface area contributed by atoms with Crippen molar-refractivity contribution in [2.45, 2.75) is 19.7 Å². The normalized spacial score (nSPS) is 12.6. The third-order valence-electron chi connectivity index (χ3n) is 1.26. The number of nitrogens with two attached hydrogens (primary N) is 1. The number of aromatic nitrogens is 1. The Morgan fingerprint density at radius 3 is 2.87 bits per heavy atom. The molecule has 0 saturated carbocycles. The Hall–Kier alpha value is -1.50. The quantitative estimate of drug-likeness (QED) is 0.482. The number of rotatable bonds is 4. The summed E-state index contributed by atoms with van der Waals surface area (Å²) in [6.07, 6.45) is 0.431. The van der Waals surface area contributed by atoms with Crippen molar-refractivity contribution >= 4 is 28.5 Å². The number of nitrogen functional groups attached to an aromatic ring is 1. The van der Waals surface area contributed by atoms with Crippen LogP contribution in [0.4, 0.5) is 9.52 Å². The van der Waals surface area contributed by atoms with Crippen molar-refractivity contribution in [3.63, 3.8) is 0 Å². The molecule has 0 unspecified atom stereocenters. The minimum atomic E-state index is -1.93. The molecule has 0 fully saturated rings. The number of halogens is 1. The number of alkyl halides is 1. The van der Waals surface area contributed by atoms with E-state index in [0.29, 0.717) is 11.4 Å². The molecule has 0 spiro atoms. The van der Waals surface area contributed by atoms with Gasteiger partial charge in [-0.1, -0.05) is 5.16 Å². The average Bonchev–Trinajstić information content (AvgIpc) is 2.51. The minimum absolute atomic E-state index is 0.0892. The maximum absolute atomic E-state index is 12.9. The zero-order valence-electron chi connectivity index (χ0n) is 8.23. The van der Waals surface area contributed by atoms with Crippen LogP contribution in [0.2, 0.25) is 0 Å². The van der Waals surface area contributed by atoms with Crippen LogP contribution >= 0.6 is 11.3 Å². The van der Waals surface area contributed by atoms with Crippen LogP contribution < -0.4 is 5.73 Å². The third-order valence-corrected chi connectivity index (χ3v) is 1.93. The standard InChI is InChI=1S/C8H10FN3O2S/c1-8(2,9)14-12-5(3-13)6-4-15-7(10)11-6/h3-4H,1-2H3,(H2,10,11)/b12-5+. The van der Waals surface area contributed by atoms with Gasteiger partial charge in [-0.3, -0.25) is 4.79 Å². The van der Waals surface area contributed by atoms with Crippen molar-refractivity contribution in [2.24, 2.45) is 5.16 Å². The molecule has 0 bridgehead atoms. The van der Waals surface area contributed by atoms with Crippen LogP contribution in [0.25, 0.3) is 0 Å². The van der Waals surface area contributed by atoms with E-state index in [1.165, 1.54) is 19.2 Å². The van der Waals surface area contributed by atoms with E-state index in [2.05, 4.69) is 15.0 Å². The molecule has 0 amide bonds. The summed E-state index contributed by atoms with van der Waals surface area (Å²) in [5.41, 5.74) is 5.56. The number of anilines is 1. The van der Waals surface area contributed by atoms with Gasteiger partial charge >= 0.3 is 0 Å². The summed E-state index contributed by atoms with van der Waals surface area (Å²) in [6.45, 7) is 2.35. The monoisotopic (exact) mass is 231 g/mol. The predicted molar refractivity (Wildman–Crippen MR) is 55.4 cm³/mol. The Balaban J connectivity index is 2.85. The summed E-state index contributed by atoms with van der Waals surface area (Å²) in [7, 11) is 0. The second-order valence-electron chi connectivity index (χ2n) is 3.12. The minimum Gasteiger partial charge on any atom is -0.375 e. The van der Waals surface area contributed by atoms with E-state index in [-0.39, 0.29) is 11.4 Å². The van der Waals surface area contributed by atoms with Gasteiger partial charge in [-0.05, 0) is 0 Å². The van der Waals surface area contributed by atoms with Crippen LogP contribution in [0, 0.1) is 0 Å². The van der Waals surface area contributed by atoms with Gasteiger partial charge in [0.15, 0.2) is 17.1 Å². The number of hydrogen-bond acceptors (Lipinski definition) is 6. The summed E-state index contributed by atoms with van der Waals surface area (Å²) >= 11 is 1.16. The molecule has 2 N–H and O–H groups in total. The molecule has 0 atom stereocenters. The smallest absolute Gasteiger partial charge is 0.268 e. The molecule has 0 saturated heterocycles. The zero-order chi connectivity index (χ0) is 11.5. The van der Waals surface area contributed by atoms with Gasteiger partial charge in [-0.2, -0.15) is 4.39 Å². The molecule has 0 aromatic carbocycles. The van der Waals surface area contributed by atoms with Gasteiger partial charge in [0.05, 0.1) is 0 Å². The molecule has 0 radical (unpaired) electrons. The Morgan fingerprint density at radius 2 is 2.47 bits per heavy atom. The van der Waals surface area contributed by atoms with Crippen molar-refractivity contribution in [1.82, 2.24) is 4.98 Å². The zero-order valence-corrected chi connectivity index (χ0v) is 9.05. The van der Waals surface area contributed by atoms with Crippen molar-refractivity contribution in [3.05, 3.63) is 11.1 Å². The van der Waals surface area contributed by atoms with E-state index < -0.39 is 5.85 Å². The lowest BCUT2D eigenvalue weighted by Gasteiger charge is -2.10. The SMILES string of the molecule is CC(C)(F)O/N=C(\C=O)c1csc(N)n1. The second-order valence-corrected chi connectivity index (χ2v) is 4.01. The molecule has 0 aliphatic heterocycles. The van der Waals surface area contributed by atoms with Crippen LogP contribution in [-0.4, -0.2) is 22.8 Å². The summed E-state index contributed by atoms with van der Waals surface area (Å²) in [4.78, 5) is 18.9. The molecule has 0 aliphatic carbocycles. The average molecular weight is 231 g/mol. The highest BCUT2D eigenvalue weighted by Crippen LogP contribution is 2.14. The van der Waals surface area contributed by atoms with Gasteiger partial charge in [-0.15, -0.1) is 11.3 Å². The van der Waals surface area contributed by atoms with Crippen LogP contribution in [0.3, 0.4) is 0 Å². The van der Waals surface area contributed by atoms with Gasteiger partial charge in [-0.25, -0.2) is 4.98 Å². The number of oxime groups is 1. The molecule has 82 valence electrons. The second kappa shape index (κ2) is 4.35. The Bertz CT molecular complexity index is 383. The number of thiazole rings is 1. The first-order valence-corrected chi connectivity index (χ1v) is 4.92. The molecule has 1 aromatic rings. The molecule has 7 heteroatoms. The fraction of sp³-hybridized carbons (Fsp3) is 0.375. The first-order valence-electron chi connectivity index (χ1n) is 4.04. The molecular formula is C8H10FN3O2S.